The molecule has 0 aliphatic rings. The number of benzene rings is 1. The number of nitrogens with one attached hydrogen (secondary N) is 2. The molecule has 0 radical (unpaired) electrons. The topological polar surface area (TPSA) is 71.3 Å². The Morgan fingerprint density at radius 2 is 1.90 bits per heavy atom. The number of carbonyl (C=O) groups is 2. The summed E-state index contributed by atoms with van der Waals surface area (Å²) in [5.74, 6) is -0.585. The minimum atomic E-state index is -0.436. The molecule has 2 N–H and O–H groups in total. The van der Waals surface area contributed by atoms with Gasteiger partial charge in [0.1, 0.15) is 0 Å². The van der Waals surface area contributed by atoms with Crippen LogP contribution in [-0.4, -0.2) is 24.6 Å². The summed E-state index contributed by atoms with van der Waals surface area (Å²) in [6.45, 7) is -0.124. The molecule has 0 fully saturated rings. The van der Waals surface area contributed by atoms with Crippen molar-refractivity contribution >= 4 is 45.2 Å². The minimum Gasteiger partial charge on any atom is -0.444 e. The van der Waals surface area contributed by atoms with Gasteiger partial charge in [0.2, 0.25) is 5.91 Å². The van der Waals surface area contributed by atoms with Crippen LogP contribution < -0.4 is 10.6 Å². The summed E-state index contributed by atoms with van der Waals surface area (Å²) in [7, 11) is 0. The molecule has 5 nitrogen and oxygen atoms in total. The number of rotatable bonds is 5. The number of anilines is 1. The van der Waals surface area contributed by atoms with Crippen molar-refractivity contribution in [2.45, 2.75) is 4.90 Å². The minimum absolute atomic E-state index is 0.124. The molecule has 2 rings (SSSR count). The van der Waals surface area contributed by atoms with E-state index in [0.717, 1.165) is 4.90 Å². The molecule has 21 heavy (non-hydrogen) atoms. The van der Waals surface area contributed by atoms with Crippen molar-refractivity contribution in [1.82, 2.24) is 5.32 Å². The van der Waals surface area contributed by atoms with Gasteiger partial charge in [-0.05, 0) is 58.6 Å². The maximum Gasteiger partial charge on any atom is 0.287 e. The molecule has 0 saturated heterocycles. The smallest absolute Gasteiger partial charge is 0.287 e. The monoisotopic (exact) mass is 368 g/mol. The first kappa shape index (κ1) is 15.7. The lowest BCUT2D eigenvalue weighted by Crippen LogP contribution is -2.32. The van der Waals surface area contributed by atoms with Gasteiger partial charge < -0.3 is 15.1 Å². The van der Waals surface area contributed by atoms with E-state index >= 15 is 0 Å². The molecule has 0 unspecified atom stereocenters. The van der Waals surface area contributed by atoms with Crippen LogP contribution in [0.4, 0.5) is 5.69 Å². The second-order valence-corrected chi connectivity index (χ2v) is 5.72. The van der Waals surface area contributed by atoms with Crippen molar-refractivity contribution in [2.24, 2.45) is 0 Å². The fourth-order valence-corrected chi connectivity index (χ4v) is 2.28. The summed E-state index contributed by atoms with van der Waals surface area (Å²) in [5, 5.41) is 5.19. The normalized spacial score (nSPS) is 10.2. The molecule has 0 bridgehead atoms. The number of amides is 2. The Hall–Kier alpha value is -1.73. The Morgan fingerprint density at radius 3 is 2.48 bits per heavy atom. The third-order valence-corrected chi connectivity index (χ3v) is 3.75. The first-order valence-corrected chi connectivity index (χ1v) is 8.07. The first-order valence-electron chi connectivity index (χ1n) is 6.06. The highest BCUT2D eigenvalue weighted by Gasteiger charge is 2.11. The van der Waals surface area contributed by atoms with E-state index in [0.29, 0.717) is 10.4 Å². The molecule has 0 aliphatic heterocycles. The number of thioether (sulfide) groups is 1. The third kappa shape index (κ3) is 4.64. The number of carbonyl (C=O) groups excluding carboxylic acids is 2. The van der Waals surface area contributed by atoms with Gasteiger partial charge in [-0.3, -0.25) is 9.59 Å². The van der Waals surface area contributed by atoms with Crippen LogP contribution in [0.15, 0.2) is 50.4 Å². The maximum atomic E-state index is 11.7. The van der Waals surface area contributed by atoms with Gasteiger partial charge in [-0.15, -0.1) is 11.8 Å². The molecule has 2 aromatic rings. The molecule has 1 heterocycles. The average molecular weight is 369 g/mol. The zero-order valence-electron chi connectivity index (χ0n) is 11.2. The summed E-state index contributed by atoms with van der Waals surface area (Å²) < 4.78 is 5.56. The third-order valence-electron chi connectivity index (χ3n) is 2.58. The highest BCUT2D eigenvalue weighted by Crippen LogP contribution is 2.17. The Morgan fingerprint density at radius 1 is 1.19 bits per heavy atom. The van der Waals surface area contributed by atoms with E-state index in [9.17, 15) is 9.59 Å². The highest BCUT2D eigenvalue weighted by molar-refractivity contribution is 9.10. The molecule has 0 atom stereocenters. The van der Waals surface area contributed by atoms with Crippen molar-refractivity contribution in [2.75, 3.05) is 18.1 Å². The van der Waals surface area contributed by atoms with Crippen LogP contribution in [0.1, 0.15) is 10.6 Å². The quantitative estimate of drug-likeness (QED) is 0.795. The number of hydrogen-bond donors (Lipinski definition) is 2. The van der Waals surface area contributed by atoms with Gasteiger partial charge in [0.15, 0.2) is 10.4 Å². The van der Waals surface area contributed by atoms with Crippen LogP contribution in [0, 0.1) is 0 Å². The number of furan rings is 1. The summed E-state index contributed by atoms with van der Waals surface area (Å²) in [5.41, 5.74) is 0.688. The van der Waals surface area contributed by atoms with Gasteiger partial charge in [-0.1, -0.05) is 0 Å². The van der Waals surface area contributed by atoms with Crippen LogP contribution in [0.25, 0.3) is 0 Å². The molecule has 0 spiro atoms. The summed E-state index contributed by atoms with van der Waals surface area (Å²) in [6.07, 6.45) is 1.98. The lowest BCUT2D eigenvalue weighted by atomic mass is 10.3. The molecule has 2 amide bonds. The van der Waals surface area contributed by atoms with E-state index in [1.165, 1.54) is 6.07 Å². The Bertz CT molecular complexity index is 640. The van der Waals surface area contributed by atoms with E-state index in [1.54, 1.807) is 17.8 Å². The van der Waals surface area contributed by atoms with E-state index < -0.39 is 5.91 Å². The van der Waals surface area contributed by atoms with Crippen molar-refractivity contribution in [1.29, 1.82) is 0 Å². The van der Waals surface area contributed by atoms with Gasteiger partial charge in [-0.2, -0.15) is 0 Å². The van der Waals surface area contributed by atoms with E-state index in [4.69, 9.17) is 4.42 Å². The molecule has 0 saturated carbocycles. The summed E-state index contributed by atoms with van der Waals surface area (Å²) >= 11 is 4.73. The lowest BCUT2D eigenvalue weighted by molar-refractivity contribution is -0.115. The van der Waals surface area contributed by atoms with Crippen LogP contribution in [0.2, 0.25) is 0 Å². The zero-order valence-corrected chi connectivity index (χ0v) is 13.6. The van der Waals surface area contributed by atoms with Gasteiger partial charge in [0.05, 0.1) is 6.54 Å². The molecular formula is C14H13BrN2O3S. The molecule has 110 valence electrons. The number of halogens is 1. The highest BCUT2D eigenvalue weighted by atomic mass is 79.9. The SMILES string of the molecule is CSc1ccc(NC(=O)CNC(=O)c2ccc(Br)o2)cc1. The predicted molar refractivity (Wildman–Crippen MR) is 85.6 cm³/mol. The van der Waals surface area contributed by atoms with Crippen molar-refractivity contribution in [3.8, 4) is 0 Å². The second-order valence-electron chi connectivity index (χ2n) is 4.06. The van der Waals surface area contributed by atoms with Crippen LogP contribution in [0.5, 0.6) is 0 Å². The zero-order chi connectivity index (χ0) is 15.2. The Kier molecular flexibility index (Phi) is 5.46. The second kappa shape index (κ2) is 7.33. The largest absolute Gasteiger partial charge is 0.444 e. The number of hydrogen-bond acceptors (Lipinski definition) is 4. The van der Waals surface area contributed by atoms with Crippen molar-refractivity contribution in [3.05, 3.63) is 46.8 Å². The van der Waals surface area contributed by atoms with Gasteiger partial charge in [0.25, 0.3) is 5.91 Å². The van der Waals surface area contributed by atoms with Gasteiger partial charge in [0, 0.05) is 10.6 Å². The summed E-state index contributed by atoms with van der Waals surface area (Å²) in [6, 6.07) is 10.6. The van der Waals surface area contributed by atoms with Gasteiger partial charge in [-0.25, -0.2) is 0 Å². The molecule has 1 aromatic heterocycles. The molecule has 7 heteroatoms. The van der Waals surface area contributed by atoms with E-state index in [-0.39, 0.29) is 18.2 Å². The van der Waals surface area contributed by atoms with Crippen LogP contribution in [0.3, 0.4) is 0 Å². The van der Waals surface area contributed by atoms with E-state index in [1.807, 2.05) is 30.5 Å². The van der Waals surface area contributed by atoms with Crippen LogP contribution in [-0.2, 0) is 4.79 Å². The molecule has 0 aliphatic carbocycles. The van der Waals surface area contributed by atoms with Crippen molar-refractivity contribution in [3.63, 3.8) is 0 Å². The van der Waals surface area contributed by atoms with Crippen LogP contribution >= 0.6 is 27.7 Å². The van der Waals surface area contributed by atoms with Gasteiger partial charge >= 0.3 is 0 Å². The summed E-state index contributed by atoms with van der Waals surface area (Å²) in [4.78, 5) is 24.5. The first-order chi connectivity index (χ1) is 10.1. The Labute approximate surface area is 134 Å². The molecule has 1 aromatic carbocycles. The fraction of sp³-hybridized carbons (Fsp3) is 0.143. The van der Waals surface area contributed by atoms with Crippen molar-refractivity contribution < 1.29 is 14.0 Å². The predicted octanol–water partition coefficient (Wildman–Crippen LogP) is 3.13. The fourth-order valence-electron chi connectivity index (χ4n) is 1.56. The maximum absolute atomic E-state index is 11.7. The standard InChI is InChI=1S/C14H13BrN2O3S/c1-21-10-4-2-9(3-5-10)17-13(18)8-16-14(19)11-6-7-12(15)20-11/h2-7H,8H2,1H3,(H,16,19)(H,17,18). The lowest BCUT2D eigenvalue weighted by Gasteiger charge is -2.06. The average Bonchev–Trinajstić information content (AvgIpc) is 2.92. The molecular weight excluding hydrogens is 356 g/mol. The van der Waals surface area contributed by atoms with E-state index in [2.05, 4.69) is 26.6 Å². The Balaban J connectivity index is 1.82.